The van der Waals surface area contributed by atoms with Gasteiger partial charge in [-0.25, -0.2) is 4.98 Å². The van der Waals surface area contributed by atoms with E-state index < -0.39 is 0 Å². The molecule has 0 atom stereocenters. The summed E-state index contributed by atoms with van der Waals surface area (Å²) in [6.45, 7) is 4.72. The number of thiazole rings is 1. The lowest BCUT2D eigenvalue weighted by Gasteiger charge is -2.22. The molecule has 1 heterocycles. The van der Waals surface area contributed by atoms with Crippen molar-refractivity contribution in [3.63, 3.8) is 0 Å². The molecular weight excluding hydrogens is 352 g/mol. The molecule has 0 radical (unpaired) electrons. The molecule has 1 fully saturated rings. The fraction of sp³-hybridized carbons (Fsp3) is 0.304. The van der Waals surface area contributed by atoms with E-state index in [-0.39, 0.29) is 5.91 Å². The molecule has 1 aromatic heterocycles. The second-order valence-corrected chi connectivity index (χ2v) is 8.42. The largest absolute Gasteiger partial charge is 0.331 e. The van der Waals surface area contributed by atoms with Crippen molar-refractivity contribution in [1.82, 2.24) is 9.88 Å². The molecule has 3 aromatic rings. The Balaban J connectivity index is 1.54. The molecule has 27 heavy (non-hydrogen) atoms. The molecule has 1 aliphatic carbocycles. The summed E-state index contributed by atoms with van der Waals surface area (Å²) >= 11 is 1.55. The Kier molecular flexibility index (Phi) is 5.08. The molecule has 2 aromatic carbocycles. The van der Waals surface area contributed by atoms with Gasteiger partial charge in [0.15, 0.2) is 0 Å². The van der Waals surface area contributed by atoms with E-state index in [1.807, 2.05) is 30.0 Å². The third kappa shape index (κ3) is 4.28. The third-order valence-corrected chi connectivity index (χ3v) is 6.10. The van der Waals surface area contributed by atoms with Gasteiger partial charge in [0.2, 0.25) is 0 Å². The van der Waals surface area contributed by atoms with Gasteiger partial charge in [-0.3, -0.25) is 4.79 Å². The minimum Gasteiger partial charge on any atom is -0.331 e. The molecule has 0 spiro atoms. The van der Waals surface area contributed by atoms with Crippen LogP contribution in [0.25, 0.3) is 0 Å². The number of aromatic nitrogens is 1. The van der Waals surface area contributed by atoms with Gasteiger partial charge >= 0.3 is 0 Å². The Bertz CT molecular complexity index is 927. The zero-order valence-corrected chi connectivity index (χ0v) is 16.6. The summed E-state index contributed by atoms with van der Waals surface area (Å²) < 4.78 is 0. The molecule has 4 rings (SSSR count). The monoisotopic (exact) mass is 376 g/mol. The normalized spacial score (nSPS) is 13.6. The first-order chi connectivity index (χ1) is 13.1. The van der Waals surface area contributed by atoms with Crippen molar-refractivity contribution in [2.75, 3.05) is 0 Å². The minimum absolute atomic E-state index is 0.132. The van der Waals surface area contributed by atoms with Gasteiger partial charge < -0.3 is 4.90 Å². The van der Waals surface area contributed by atoms with Crippen molar-refractivity contribution >= 4 is 17.2 Å². The van der Waals surface area contributed by atoms with Crippen molar-refractivity contribution in [3.8, 4) is 0 Å². The molecule has 138 valence electrons. The van der Waals surface area contributed by atoms with Crippen LogP contribution < -0.4 is 0 Å². The third-order valence-electron chi connectivity index (χ3n) is 4.96. The highest BCUT2D eigenvalue weighted by molar-refractivity contribution is 7.13. The molecule has 0 N–H and O–H groups in total. The average molecular weight is 377 g/mol. The van der Waals surface area contributed by atoms with Crippen LogP contribution in [0, 0.1) is 13.8 Å². The average Bonchev–Trinajstić information content (AvgIpc) is 3.44. The summed E-state index contributed by atoms with van der Waals surface area (Å²) in [5, 5.41) is 1.01. The van der Waals surface area contributed by atoms with Gasteiger partial charge in [-0.2, -0.15) is 0 Å². The first kappa shape index (κ1) is 17.9. The van der Waals surface area contributed by atoms with Crippen LogP contribution in [0.3, 0.4) is 0 Å². The summed E-state index contributed by atoms with van der Waals surface area (Å²) in [4.78, 5) is 20.8. The summed E-state index contributed by atoms with van der Waals surface area (Å²) in [6.07, 6.45) is 2.99. The molecule has 0 aliphatic heterocycles. The first-order valence-electron chi connectivity index (χ1n) is 9.47. The zero-order valence-electron chi connectivity index (χ0n) is 15.8. The van der Waals surface area contributed by atoms with Crippen molar-refractivity contribution in [2.45, 2.75) is 45.7 Å². The Hall–Kier alpha value is -2.46. The van der Waals surface area contributed by atoms with Crippen LogP contribution >= 0.6 is 11.3 Å². The predicted molar refractivity (Wildman–Crippen MR) is 110 cm³/mol. The number of carbonyl (C=O) groups excluding carboxylic acids is 1. The Labute approximate surface area is 164 Å². The SMILES string of the molecule is Cc1ccc(CN(C(=O)c2sc(Cc3ccccc3)nc2C)C2CC2)cc1. The van der Waals surface area contributed by atoms with Crippen molar-refractivity contribution in [3.05, 3.63) is 86.9 Å². The summed E-state index contributed by atoms with van der Waals surface area (Å²) in [5.74, 6) is 0.132. The number of benzene rings is 2. The van der Waals surface area contributed by atoms with E-state index >= 15 is 0 Å². The van der Waals surface area contributed by atoms with E-state index in [2.05, 4.69) is 48.3 Å². The molecule has 0 bridgehead atoms. The second-order valence-electron chi connectivity index (χ2n) is 7.33. The van der Waals surface area contributed by atoms with Crippen molar-refractivity contribution < 1.29 is 4.79 Å². The summed E-state index contributed by atoms with van der Waals surface area (Å²) in [7, 11) is 0. The highest BCUT2D eigenvalue weighted by atomic mass is 32.1. The first-order valence-corrected chi connectivity index (χ1v) is 10.3. The number of hydrogen-bond donors (Lipinski definition) is 0. The number of rotatable bonds is 6. The lowest BCUT2D eigenvalue weighted by Crippen LogP contribution is -2.32. The molecule has 0 saturated heterocycles. The van der Waals surface area contributed by atoms with E-state index in [9.17, 15) is 4.79 Å². The fourth-order valence-electron chi connectivity index (χ4n) is 3.27. The van der Waals surface area contributed by atoms with Crippen LogP contribution in [-0.4, -0.2) is 21.8 Å². The van der Waals surface area contributed by atoms with E-state index in [4.69, 9.17) is 0 Å². The van der Waals surface area contributed by atoms with Crippen LogP contribution in [0.1, 0.15) is 49.9 Å². The lowest BCUT2D eigenvalue weighted by molar-refractivity contribution is 0.0734. The summed E-state index contributed by atoms with van der Waals surface area (Å²) in [5.41, 5.74) is 4.51. The number of amides is 1. The Morgan fingerprint density at radius 2 is 1.74 bits per heavy atom. The number of hydrogen-bond acceptors (Lipinski definition) is 3. The standard InChI is InChI=1S/C23H24N2OS/c1-16-8-10-19(11-9-16)15-25(20-12-13-20)23(26)22-17(2)24-21(27-22)14-18-6-4-3-5-7-18/h3-11,20H,12-15H2,1-2H3. The van der Waals surface area contributed by atoms with Crippen LogP contribution in [-0.2, 0) is 13.0 Å². The second kappa shape index (κ2) is 7.65. The molecule has 1 saturated carbocycles. The van der Waals surface area contributed by atoms with E-state index in [0.717, 1.165) is 34.8 Å². The van der Waals surface area contributed by atoms with Gasteiger partial charge in [-0.05, 0) is 37.8 Å². The van der Waals surface area contributed by atoms with Gasteiger partial charge in [0.1, 0.15) is 4.88 Å². The minimum atomic E-state index is 0.132. The van der Waals surface area contributed by atoms with Crippen molar-refractivity contribution in [2.24, 2.45) is 0 Å². The highest BCUT2D eigenvalue weighted by Crippen LogP contribution is 2.32. The van der Waals surface area contributed by atoms with E-state index in [1.165, 1.54) is 16.7 Å². The molecule has 3 nitrogen and oxygen atoms in total. The quantitative estimate of drug-likeness (QED) is 0.596. The predicted octanol–water partition coefficient (Wildman–Crippen LogP) is 5.16. The molecule has 1 aliphatic rings. The molecule has 4 heteroatoms. The summed E-state index contributed by atoms with van der Waals surface area (Å²) in [6, 6.07) is 19.1. The van der Waals surface area contributed by atoms with Crippen LogP contribution in [0.5, 0.6) is 0 Å². The van der Waals surface area contributed by atoms with Gasteiger partial charge in [-0.1, -0.05) is 60.2 Å². The fourth-order valence-corrected chi connectivity index (χ4v) is 4.33. The van der Waals surface area contributed by atoms with Crippen LogP contribution in [0.2, 0.25) is 0 Å². The van der Waals surface area contributed by atoms with Gasteiger partial charge in [0.25, 0.3) is 5.91 Å². The van der Waals surface area contributed by atoms with Gasteiger partial charge in [0, 0.05) is 19.0 Å². The zero-order chi connectivity index (χ0) is 18.8. The Morgan fingerprint density at radius 3 is 2.41 bits per heavy atom. The number of nitrogens with zero attached hydrogens (tertiary/aromatic N) is 2. The molecular formula is C23H24N2OS. The molecule has 1 amide bonds. The van der Waals surface area contributed by atoms with Crippen LogP contribution in [0.4, 0.5) is 0 Å². The van der Waals surface area contributed by atoms with Crippen LogP contribution in [0.15, 0.2) is 54.6 Å². The topological polar surface area (TPSA) is 33.2 Å². The number of carbonyl (C=O) groups is 1. The van der Waals surface area contributed by atoms with E-state index in [1.54, 1.807) is 11.3 Å². The number of aryl methyl sites for hydroxylation is 2. The van der Waals surface area contributed by atoms with Crippen molar-refractivity contribution in [1.29, 1.82) is 0 Å². The highest BCUT2D eigenvalue weighted by Gasteiger charge is 2.34. The maximum absolute atomic E-state index is 13.3. The lowest BCUT2D eigenvalue weighted by atomic mass is 10.1. The Morgan fingerprint density at radius 1 is 1.04 bits per heavy atom. The smallest absolute Gasteiger partial charge is 0.266 e. The molecule has 0 unspecified atom stereocenters. The van der Waals surface area contributed by atoms with Gasteiger partial charge in [0.05, 0.1) is 10.7 Å². The van der Waals surface area contributed by atoms with Gasteiger partial charge in [-0.15, -0.1) is 11.3 Å². The maximum Gasteiger partial charge on any atom is 0.266 e. The van der Waals surface area contributed by atoms with E-state index in [0.29, 0.717) is 12.6 Å². The maximum atomic E-state index is 13.3.